The summed E-state index contributed by atoms with van der Waals surface area (Å²) in [7, 11) is -1.90. The SMILES string of the molecule is COc1cc2c(c3oc(=O)c(CC(=O)NC4CS(=O)(=O)CC4O)c(C)c13)CCC(C)(C)O2. The molecule has 3 heterocycles. The summed E-state index contributed by atoms with van der Waals surface area (Å²) >= 11 is 0. The van der Waals surface area contributed by atoms with Crippen molar-refractivity contribution in [1.82, 2.24) is 5.32 Å². The molecule has 2 aliphatic rings. The number of hydrogen-bond acceptors (Lipinski definition) is 8. The number of fused-ring (bicyclic) bond motifs is 3. The van der Waals surface area contributed by atoms with E-state index in [-0.39, 0.29) is 23.3 Å². The summed E-state index contributed by atoms with van der Waals surface area (Å²) in [5.41, 5.74) is 0.882. The zero-order chi connectivity index (χ0) is 23.4. The van der Waals surface area contributed by atoms with Gasteiger partial charge in [0, 0.05) is 11.6 Å². The van der Waals surface area contributed by atoms with E-state index in [0.29, 0.717) is 34.5 Å². The number of hydrogen-bond donors (Lipinski definition) is 2. The normalized spacial score (nSPS) is 23.4. The van der Waals surface area contributed by atoms with E-state index < -0.39 is 39.3 Å². The molecule has 1 aromatic carbocycles. The average Bonchev–Trinajstić information content (AvgIpc) is 2.94. The highest BCUT2D eigenvalue weighted by Crippen LogP contribution is 2.43. The summed E-state index contributed by atoms with van der Waals surface area (Å²) in [4.78, 5) is 25.4. The molecule has 0 aliphatic carbocycles. The van der Waals surface area contributed by atoms with Crippen LogP contribution in [0.3, 0.4) is 0 Å². The fourth-order valence-electron chi connectivity index (χ4n) is 4.43. The molecule has 32 heavy (non-hydrogen) atoms. The van der Waals surface area contributed by atoms with Crippen LogP contribution in [0.15, 0.2) is 15.3 Å². The quantitative estimate of drug-likeness (QED) is 0.640. The molecule has 0 saturated carbocycles. The van der Waals surface area contributed by atoms with Crippen molar-refractivity contribution >= 4 is 26.7 Å². The van der Waals surface area contributed by atoms with E-state index in [9.17, 15) is 23.1 Å². The van der Waals surface area contributed by atoms with Crippen molar-refractivity contribution in [3.63, 3.8) is 0 Å². The second-order valence-corrected chi connectivity index (χ2v) is 11.3. The zero-order valence-corrected chi connectivity index (χ0v) is 19.3. The van der Waals surface area contributed by atoms with Crippen molar-refractivity contribution < 1.29 is 32.2 Å². The summed E-state index contributed by atoms with van der Waals surface area (Å²) in [6.45, 7) is 5.70. The number of sulfone groups is 1. The minimum Gasteiger partial charge on any atom is -0.496 e. The number of rotatable bonds is 4. The number of aliphatic hydroxyl groups is 1. The van der Waals surface area contributed by atoms with Gasteiger partial charge in [0.15, 0.2) is 9.84 Å². The van der Waals surface area contributed by atoms with Crippen molar-refractivity contribution in [3.05, 3.63) is 33.2 Å². The van der Waals surface area contributed by atoms with Crippen LogP contribution < -0.4 is 20.4 Å². The maximum absolute atomic E-state index is 12.8. The first-order valence-electron chi connectivity index (χ1n) is 10.4. The Hall–Kier alpha value is -2.59. The molecule has 174 valence electrons. The molecule has 0 radical (unpaired) electrons. The Morgan fingerprint density at radius 2 is 2.06 bits per heavy atom. The molecule has 2 unspecified atom stereocenters. The maximum atomic E-state index is 12.8. The number of benzene rings is 1. The molecule has 4 rings (SSSR count). The van der Waals surface area contributed by atoms with E-state index >= 15 is 0 Å². The van der Waals surface area contributed by atoms with E-state index in [4.69, 9.17) is 13.9 Å². The number of ether oxygens (including phenoxy) is 2. The molecule has 1 fully saturated rings. The fraction of sp³-hybridized carbons (Fsp3) is 0.545. The Kier molecular flexibility index (Phi) is 5.49. The highest BCUT2D eigenvalue weighted by Gasteiger charge is 2.37. The predicted molar refractivity (Wildman–Crippen MR) is 117 cm³/mol. The Labute approximate surface area is 185 Å². The molecule has 1 aromatic heterocycles. The number of nitrogens with one attached hydrogen (secondary N) is 1. The number of carbonyl (C=O) groups is 1. The summed E-state index contributed by atoms with van der Waals surface area (Å²) in [6, 6.07) is 0.872. The lowest BCUT2D eigenvalue weighted by molar-refractivity contribution is -0.121. The van der Waals surface area contributed by atoms with Gasteiger partial charge in [-0.3, -0.25) is 4.79 Å². The van der Waals surface area contributed by atoms with Crippen molar-refractivity contribution in [2.75, 3.05) is 18.6 Å². The molecule has 10 heteroatoms. The van der Waals surface area contributed by atoms with Gasteiger partial charge in [-0.05, 0) is 39.2 Å². The molecule has 2 aromatic rings. The summed E-state index contributed by atoms with van der Waals surface area (Å²) in [6.07, 6.45) is -0.0640. The smallest absolute Gasteiger partial charge is 0.340 e. The molecule has 9 nitrogen and oxygen atoms in total. The van der Waals surface area contributed by atoms with Gasteiger partial charge in [0.2, 0.25) is 5.91 Å². The molecule has 1 amide bonds. The van der Waals surface area contributed by atoms with Crippen LogP contribution in [0, 0.1) is 6.92 Å². The van der Waals surface area contributed by atoms with Crippen molar-refractivity contribution in [1.29, 1.82) is 0 Å². The van der Waals surface area contributed by atoms with Crippen LogP contribution in [0.25, 0.3) is 11.0 Å². The van der Waals surface area contributed by atoms with Crippen molar-refractivity contribution in [3.8, 4) is 11.5 Å². The topological polar surface area (TPSA) is 132 Å². The van der Waals surface area contributed by atoms with Gasteiger partial charge in [-0.25, -0.2) is 13.2 Å². The molecule has 2 aliphatic heterocycles. The molecule has 2 N–H and O–H groups in total. The van der Waals surface area contributed by atoms with E-state index in [0.717, 1.165) is 12.0 Å². The number of amides is 1. The van der Waals surface area contributed by atoms with Crippen LogP contribution in [0.2, 0.25) is 0 Å². The van der Waals surface area contributed by atoms with Gasteiger partial charge in [0.25, 0.3) is 0 Å². The first kappa shape index (κ1) is 22.6. The van der Waals surface area contributed by atoms with Crippen molar-refractivity contribution in [2.45, 2.75) is 57.8 Å². The Balaban J connectivity index is 1.71. The van der Waals surface area contributed by atoms with Gasteiger partial charge in [-0.1, -0.05) is 0 Å². The van der Waals surface area contributed by atoms with Crippen LogP contribution in [0.1, 0.15) is 37.0 Å². The Morgan fingerprint density at radius 1 is 1.34 bits per heavy atom. The Morgan fingerprint density at radius 3 is 2.69 bits per heavy atom. The van der Waals surface area contributed by atoms with Crippen molar-refractivity contribution in [2.24, 2.45) is 0 Å². The number of carbonyl (C=O) groups excluding carboxylic acids is 1. The zero-order valence-electron chi connectivity index (χ0n) is 18.5. The van der Waals surface area contributed by atoms with Gasteiger partial charge < -0.3 is 24.3 Å². The van der Waals surface area contributed by atoms with E-state index in [2.05, 4.69) is 5.32 Å². The number of aliphatic hydroxyl groups excluding tert-OH is 1. The molecular formula is C22H27NO8S. The van der Waals surface area contributed by atoms with Gasteiger partial charge in [-0.2, -0.15) is 0 Å². The lowest BCUT2D eigenvalue weighted by atomic mass is 9.91. The van der Waals surface area contributed by atoms with Gasteiger partial charge in [0.1, 0.15) is 22.7 Å². The van der Waals surface area contributed by atoms with Crippen LogP contribution in [-0.2, 0) is 27.5 Å². The molecule has 0 spiro atoms. The molecule has 2 atom stereocenters. The summed E-state index contributed by atoms with van der Waals surface area (Å²) in [5.74, 6) is -0.215. The van der Waals surface area contributed by atoms with E-state index in [1.165, 1.54) is 7.11 Å². The van der Waals surface area contributed by atoms with E-state index in [1.807, 2.05) is 13.8 Å². The Bertz CT molecular complexity index is 1260. The van der Waals surface area contributed by atoms with Crippen LogP contribution in [0.4, 0.5) is 0 Å². The first-order chi connectivity index (χ1) is 14.9. The standard InChI is InChI=1S/C22H27NO8S/c1-11-13(7-18(25)23-14-9-32(27,28)10-15(14)24)21(26)30-20-12-5-6-22(2,3)31-16(12)8-17(29-4)19(11)20/h8,14-15,24H,5-7,9-10H2,1-4H3,(H,23,25). The second-order valence-electron chi connectivity index (χ2n) is 9.11. The maximum Gasteiger partial charge on any atom is 0.340 e. The summed E-state index contributed by atoms with van der Waals surface area (Å²) < 4.78 is 40.6. The minimum atomic E-state index is -3.41. The van der Waals surface area contributed by atoms with Crippen LogP contribution >= 0.6 is 0 Å². The highest BCUT2D eigenvalue weighted by atomic mass is 32.2. The third-order valence-electron chi connectivity index (χ3n) is 6.17. The second kappa shape index (κ2) is 7.77. The van der Waals surface area contributed by atoms with Gasteiger partial charge in [0.05, 0.1) is 48.1 Å². The van der Waals surface area contributed by atoms with Gasteiger partial charge in [-0.15, -0.1) is 0 Å². The average molecular weight is 466 g/mol. The predicted octanol–water partition coefficient (Wildman–Crippen LogP) is 1.03. The van der Waals surface area contributed by atoms with E-state index in [1.54, 1.807) is 13.0 Å². The van der Waals surface area contributed by atoms with Gasteiger partial charge >= 0.3 is 5.63 Å². The monoisotopic (exact) mass is 465 g/mol. The highest BCUT2D eigenvalue weighted by molar-refractivity contribution is 7.91. The fourth-order valence-corrected chi connectivity index (χ4v) is 6.17. The lowest BCUT2D eigenvalue weighted by Crippen LogP contribution is -2.43. The lowest BCUT2D eigenvalue weighted by Gasteiger charge is -2.33. The molecular weight excluding hydrogens is 438 g/mol. The number of aryl methyl sites for hydroxylation is 2. The minimum absolute atomic E-state index is 0.153. The van der Waals surface area contributed by atoms with Crippen LogP contribution in [0.5, 0.6) is 11.5 Å². The first-order valence-corrected chi connectivity index (χ1v) is 12.3. The third kappa shape index (κ3) is 4.09. The molecule has 0 bridgehead atoms. The summed E-state index contributed by atoms with van der Waals surface area (Å²) in [5, 5.41) is 13.0. The third-order valence-corrected chi connectivity index (χ3v) is 7.88. The number of methoxy groups -OCH3 is 1. The van der Waals surface area contributed by atoms with Crippen LogP contribution in [-0.4, -0.2) is 55.8 Å². The molecule has 1 saturated heterocycles. The largest absolute Gasteiger partial charge is 0.496 e.